The molecular formula is C16H21N5O3. The van der Waals surface area contributed by atoms with Crippen molar-refractivity contribution in [2.75, 3.05) is 18.4 Å². The molecule has 0 spiro atoms. The van der Waals surface area contributed by atoms with Gasteiger partial charge in [0, 0.05) is 6.07 Å². The third kappa shape index (κ3) is 2.65. The lowest BCUT2D eigenvalue weighted by Crippen LogP contribution is -2.36. The molecule has 128 valence electrons. The summed E-state index contributed by atoms with van der Waals surface area (Å²) in [5.74, 6) is 1.42. The molecule has 4 rings (SSSR count). The predicted octanol–water partition coefficient (Wildman–Crippen LogP) is 1.04. The molecule has 3 fully saturated rings. The number of carbonyl (C=O) groups excluding carboxylic acids is 3. The number of aromatic nitrogens is 2. The van der Waals surface area contributed by atoms with Crippen molar-refractivity contribution in [1.82, 2.24) is 20.0 Å². The van der Waals surface area contributed by atoms with E-state index >= 15 is 0 Å². The SMILES string of the molecule is Cc1cc(NC(=O)CN2CC(=O)NC2=O)n(C2CC3CCC2C3)n1. The Balaban J connectivity index is 1.46. The number of anilines is 1. The Bertz CT molecular complexity index is 713. The van der Waals surface area contributed by atoms with Crippen LogP contribution in [0.5, 0.6) is 0 Å². The summed E-state index contributed by atoms with van der Waals surface area (Å²) < 4.78 is 1.95. The fourth-order valence-corrected chi connectivity index (χ4v) is 4.34. The van der Waals surface area contributed by atoms with E-state index in [-0.39, 0.29) is 24.9 Å². The number of amides is 4. The first-order valence-corrected chi connectivity index (χ1v) is 8.44. The van der Waals surface area contributed by atoms with E-state index in [0.29, 0.717) is 17.8 Å². The Labute approximate surface area is 139 Å². The minimum Gasteiger partial charge on any atom is -0.309 e. The van der Waals surface area contributed by atoms with E-state index in [0.717, 1.165) is 18.0 Å². The van der Waals surface area contributed by atoms with Crippen molar-refractivity contribution < 1.29 is 14.4 Å². The maximum atomic E-state index is 12.3. The third-order valence-corrected chi connectivity index (χ3v) is 5.34. The molecule has 2 bridgehead atoms. The minimum absolute atomic E-state index is 0.0725. The van der Waals surface area contributed by atoms with Crippen LogP contribution in [0.1, 0.15) is 37.4 Å². The fourth-order valence-electron chi connectivity index (χ4n) is 4.34. The fraction of sp³-hybridized carbons (Fsp3) is 0.625. The molecule has 1 aromatic heterocycles. The number of imide groups is 1. The Morgan fingerprint density at radius 1 is 1.38 bits per heavy atom. The highest BCUT2D eigenvalue weighted by Gasteiger charge is 2.41. The Morgan fingerprint density at radius 2 is 2.21 bits per heavy atom. The van der Waals surface area contributed by atoms with Gasteiger partial charge in [0.05, 0.1) is 11.7 Å². The molecule has 2 aliphatic carbocycles. The van der Waals surface area contributed by atoms with Crippen LogP contribution < -0.4 is 10.6 Å². The van der Waals surface area contributed by atoms with Gasteiger partial charge in [-0.1, -0.05) is 6.42 Å². The summed E-state index contributed by atoms with van der Waals surface area (Å²) in [6.45, 7) is 1.70. The summed E-state index contributed by atoms with van der Waals surface area (Å²) in [4.78, 5) is 36.2. The first-order valence-electron chi connectivity index (χ1n) is 8.44. The van der Waals surface area contributed by atoms with Gasteiger partial charge < -0.3 is 10.2 Å². The maximum Gasteiger partial charge on any atom is 0.325 e. The molecule has 3 aliphatic rings. The van der Waals surface area contributed by atoms with Gasteiger partial charge in [0.1, 0.15) is 18.9 Å². The summed E-state index contributed by atoms with van der Waals surface area (Å²) in [5.41, 5.74) is 0.863. The van der Waals surface area contributed by atoms with Crippen molar-refractivity contribution in [2.45, 2.75) is 38.6 Å². The number of aryl methyl sites for hydroxylation is 1. The van der Waals surface area contributed by atoms with E-state index in [4.69, 9.17) is 0 Å². The Kier molecular flexibility index (Phi) is 3.54. The smallest absolute Gasteiger partial charge is 0.309 e. The quantitative estimate of drug-likeness (QED) is 0.806. The zero-order valence-corrected chi connectivity index (χ0v) is 13.6. The highest BCUT2D eigenvalue weighted by Crippen LogP contribution is 2.51. The first-order chi connectivity index (χ1) is 11.5. The van der Waals surface area contributed by atoms with Gasteiger partial charge >= 0.3 is 6.03 Å². The maximum absolute atomic E-state index is 12.3. The molecule has 4 amide bonds. The largest absolute Gasteiger partial charge is 0.325 e. The average molecular weight is 331 g/mol. The number of hydrogen-bond acceptors (Lipinski definition) is 4. The average Bonchev–Trinajstić information content (AvgIpc) is 3.25. The summed E-state index contributed by atoms with van der Waals surface area (Å²) in [6.07, 6.45) is 4.92. The molecule has 3 unspecified atom stereocenters. The second-order valence-corrected chi connectivity index (χ2v) is 7.12. The van der Waals surface area contributed by atoms with Crippen molar-refractivity contribution >= 4 is 23.7 Å². The highest BCUT2D eigenvalue weighted by molar-refractivity contribution is 6.04. The molecule has 0 radical (unpaired) electrons. The van der Waals surface area contributed by atoms with E-state index < -0.39 is 6.03 Å². The molecule has 1 aromatic rings. The van der Waals surface area contributed by atoms with Crippen LogP contribution >= 0.6 is 0 Å². The van der Waals surface area contributed by atoms with Crippen LogP contribution in [-0.2, 0) is 9.59 Å². The number of urea groups is 1. The zero-order chi connectivity index (χ0) is 16.8. The number of carbonyl (C=O) groups is 3. The van der Waals surface area contributed by atoms with Crippen molar-refractivity contribution in [3.63, 3.8) is 0 Å². The van der Waals surface area contributed by atoms with Gasteiger partial charge in [0.15, 0.2) is 0 Å². The van der Waals surface area contributed by atoms with E-state index in [1.807, 2.05) is 17.7 Å². The minimum atomic E-state index is -0.520. The van der Waals surface area contributed by atoms with Crippen LogP contribution in [0.4, 0.5) is 10.6 Å². The Morgan fingerprint density at radius 3 is 2.83 bits per heavy atom. The van der Waals surface area contributed by atoms with Gasteiger partial charge in [-0.25, -0.2) is 9.48 Å². The van der Waals surface area contributed by atoms with Gasteiger partial charge in [0.2, 0.25) is 11.8 Å². The van der Waals surface area contributed by atoms with Gasteiger partial charge in [0.25, 0.3) is 0 Å². The molecule has 8 nitrogen and oxygen atoms in total. The van der Waals surface area contributed by atoms with Crippen molar-refractivity contribution in [3.05, 3.63) is 11.8 Å². The van der Waals surface area contributed by atoms with Crippen molar-refractivity contribution in [2.24, 2.45) is 11.8 Å². The zero-order valence-electron chi connectivity index (χ0n) is 13.6. The normalized spacial score (nSPS) is 28.5. The third-order valence-electron chi connectivity index (χ3n) is 5.34. The van der Waals surface area contributed by atoms with Crippen LogP contribution in [0.25, 0.3) is 0 Å². The summed E-state index contributed by atoms with van der Waals surface area (Å²) in [6, 6.07) is 1.69. The molecule has 0 aromatic carbocycles. The molecule has 1 saturated heterocycles. The second-order valence-electron chi connectivity index (χ2n) is 7.12. The number of nitrogens with zero attached hydrogens (tertiary/aromatic N) is 3. The number of nitrogens with one attached hydrogen (secondary N) is 2. The summed E-state index contributed by atoms with van der Waals surface area (Å²) >= 11 is 0. The predicted molar refractivity (Wildman–Crippen MR) is 85.2 cm³/mol. The number of rotatable bonds is 4. The molecule has 8 heteroatoms. The second kappa shape index (κ2) is 5.61. The molecule has 24 heavy (non-hydrogen) atoms. The molecular weight excluding hydrogens is 310 g/mol. The molecule has 3 atom stereocenters. The summed E-state index contributed by atoms with van der Waals surface area (Å²) in [5, 5.41) is 9.60. The standard InChI is InChI=1S/C16H21N5O3/c1-9-4-13(17-14(22)7-20-8-15(23)18-16(20)24)21(19-9)12-6-10-2-3-11(12)5-10/h4,10-12H,2-3,5-8H2,1H3,(H,17,22)(H,18,23,24). The molecule has 1 aliphatic heterocycles. The van der Waals surface area contributed by atoms with E-state index in [2.05, 4.69) is 15.7 Å². The van der Waals surface area contributed by atoms with Crippen molar-refractivity contribution in [3.8, 4) is 0 Å². The van der Waals surface area contributed by atoms with Crippen LogP contribution in [0, 0.1) is 18.8 Å². The van der Waals surface area contributed by atoms with Gasteiger partial charge in [-0.05, 0) is 38.0 Å². The lowest BCUT2D eigenvalue weighted by molar-refractivity contribution is -0.119. The number of hydrogen-bond donors (Lipinski definition) is 2. The van der Waals surface area contributed by atoms with Gasteiger partial charge in [-0.3, -0.25) is 14.9 Å². The van der Waals surface area contributed by atoms with E-state index in [1.165, 1.54) is 24.2 Å². The topological polar surface area (TPSA) is 96.3 Å². The lowest BCUT2D eigenvalue weighted by atomic mass is 9.95. The monoisotopic (exact) mass is 331 g/mol. The molecule has 2 saturated carbocycles. The summed E-state index contributed by atoms with van der Waals surface area (Å²) in [7, 11) is 0. The Hall–Kier alpha value is -2.38. The van der Waals surface area contributed by atoms with E-state index in [1.54, 1.807) is 0 Å². The van der Waals surface area contributed by atoms with Crippen LogP contribution in [0.15, 0.2) is 6.07 Å². The van der Waals surface area contributed by atoms with Gasteiger partial charge in [-0.15, -0.1) is 0 Å². The number of fused-ring (bicyclic) bond motifs is 2. The van der Waals surface area contributed by atoms with Gasteiger partial charge in [-0.2, -0.15) is 5.10 Å². The van der Waals surface area contributed by atoms with Crippen LogP contribution in [-0.4, -0.2) is 45.6 Å². The van der Waals surface area contributed by atoms with Crippen molar-refractivity contribution in [1.29, 1.82) is 0 Å². The van der Waals surface area contributed by atoms with E-state index in [9.17, 15) is 14.4 Å². The lowest BCUT2D eigenvalue weighted by Gasteiger charge is -2.24. The van der Waals surface area contributed by atoms with Crippen LogP contribution in [0.3, 0.4) is 0 Å². The molecule has 2 N–H and O–H groups in total. The van der Waals surface area contributed by atoms with Crippen LogP contribution in [0.2, 0.25) is 0 Å². The first kappa shape index (κ1) is 15.2. The molecule has 2 heterocycles. The highest BCUT2D eigenvalue weighted by atomic mass is 16.2.